The van der Waals surface area contributed by atoms with Gasteiger partial charge in [-0.1, -0.05) is 12.1 Å². The molecule has 4 heteroatoms. The molecule has 3 rings (SSSR count). The van der Waals surface area contributed by atoms with Crippen LogP contribution in [0.25, 0.3) is 10.1 Å². The van der Waals surface area contributed by atoms with Gasteiger partial charge in [-0.2, -0.15) is 0 Å². The van der Waals surface area contributed by atoms with Crippen molar-refractivity contribution < 1.29 is 9.31 Å². The van der Waals surface area contributed by atoms with Crippen LogP contribution in [0, 0.1) is 0 Å². The lowest BCUT2D eigenvalue weighted by Crippen LogP contribution is -2.41. The third kappa shape index (κ3) is 1.71. The molecule has 0 saturated carbocycles. The Morgan fingerprint density at radius 3 is 2.33 bits per heavy atom. The summed E-state index contributed by atoms with van der Waals surface area (Å²) in [5, 5.41) is 3.35. The van der Waals surface area contributed by atoms with Crippen molar-refractivity contribution in [1.82, 2.24) is 0 Å². The molecule has 1 aliphatic heterocycles. The van der Waals surface area contributed by atoms with E-state index in [0.29, 0.717) is 0 Å². The Labute approximate surface area is 112 Å². The van der Waals surface area contributed by atoms with Crippen LogP contribution >= 0.6 is 11.3 Å². The molecule has 2 nitrogen and oxygen atoms in total. The average molecular weight is 260 g/mol. The van der Waals surface area contributed by atoms with Crippen molar-refractivity contribution in [2.75, 3.05) is 0 Å². The van der Waals surface area contributed by atoms with Gasteiger partial charge in [0, 0.05) is 4.70 Å². The lowest BCUT2D eigenvalue weighted by Gasteiger charge is -2.32. The SMILES string of the molecule is CC1(C)OB(c2cccc3sccc23)OC1(C)C. The fourth-order valence-electron chi connectivity index (χ4n) is 2.19. The summed E-state index contributed by atoms with van der Waals surface area (Å²) in [5.74, 6) is 0. The number of thiophene rings is 1. The highest BCUT2D eigenvalue weighted by atomic mass is 32.1. The molecule has 0 N–H and O–H groups in total. The first-order valence-electron chi connectivity index (χ1n) is 6.22. The van der Waals surface area contributed by atoms with Gasteiger partial charge in [-0.15, -0.1) is 11.3 Å². The van der Waals surface area contributed by atoms with Crippen molar-refractivity contribution in [2.45, 2.75) is 38.9 Å². The van der Waals surface area contributed by atoms with E-state index >= 15 is 0 Å². The van der Waals surface area contributed by atoms with E-state index in [2.05, 4.69) is 57.3 Å². The molecule has 0 radical (unpaired) electrons. The van der Waals surface area contributed by atoms with Crippen molar-refractivity contribution in [3.8, 4) is 0 Å². The zero-order valence-electron chi connectivity index (χ0n) is 11.2. The Kier molecular flexibility index (Phi) is 2.60. The van der Waals surface area contributed by atoms with Crippen molar-refractivity contribution >= 4 is 34.0 Å². The average Bonchev–Trinajstić information content (AvgIpc) is 2.81. The molecule has 94 valence electrons. The maximum atomic E-state index is 6.11. The van der Waals surface area contributed by atoms with Gasteiger partial charge in [0.2, 0.25) is 0 Å². The highest BCUT2D eigenvalue weighted by Gasteiger charge is 2.52. The van der Waals surface area contributed by atoms with Gasteiger partial charge in [-0.25, -0.2) is 0 Å². The predicted molar refractivity (Wildman–Crippen MR) is 77.5 cm³/mol. The van der Waals surface area contributed by atoms with Crippen molar-refractivity contribution in [1.29, 1.82) is 0 Å². The Balaban J connectivity index is 2.05. The molecule has 0 amide bonds. The molecule has 1 aromatic heterocycles. The maximum absolute atomic E-state index is 6.11. The van der Waals surface area contributed by atoms with Gasteiger partial charge in [-0.3, -0.25) is 0 Å². The van der Waals surface area contributed by atoms with Gasteiger partial charge in [0.05, 0.1) is 11.2 Å². The zero-order chi connectivity index (χ0) is 13.0. The third-order valence-electron chi connectivity index (χ3n) is 4.04. The minimum absolute atomic E-state index is 0.270. The Hall–Kier alpha value is -0.835. The second-order valence-corrected chi connectivity index (χ2v) is 6.72. The standard InChI is InChI=1S/C14H17BO2S/c1-13(2)14(3,4)17-15(16-13)11-6-5-7-12-10(11)8-9-18-12/h5-9H,1-4H3. The third-order valence-corrected chi connectivity index (χ3v) is 4.92. The fraction of sp³-hybridized carbons (Fsp3) is 0.429. The maximum Gasteiger partial charge on any atom is 0.495 e. The molecule has 0 atom stereocenters. The predicted octanol–water partition coefficient (Wildman–Crippen LogP) is 3.20. The Bertz CT molecular complexity index is 572. The summed E-state index contributed by atoms with van der Waals surface area (Å²) in [7, 11) is -0.270. The van der Waals surface area contributed by atoms with Crippen molar-refractivity contribution in [3.05, 3.63) is 29.6 Å². The van der Waals surface area contributed by atoms with Crippen molar-refractivity contribution in [3.63, 3.8) is 0 Å². The van der Waals surface area contributed by atoms with Crippen LogP contribution < -0.4 is 5.46 Å². The van der Waals surface area contributed by atoms with Gasteiger partial charge < -0.3 is 9.31 Å². The zero-order valence-corrected chi connectivity index (χ0v) is 12.0. The van der Waals surface area contributed by atoms with Crippen LogP contribution in [-0.2, 0) is 9.31 Å². The van der Waals surface area contributed by atoms with E-state index in [9.17, 15) is 0 Å². The van der Waals surface area contributed by atoms with Gasteiger partial charge in [0.15, 0.2) is 0 Å². The first kappa shape index (κ1) is 12.2. The minimum Gasteiger partial charge on any atom is -0.399 e. The van der Waals surface area contributed by atoms with Crippen LogP contribution in [0.3, 0.4) is 0 Å². The van der Waals surface area contributed by atoms with E-state index in [1.807, 2.05) is 0 Å². The molecule has 0 aliphatic carbocycles. The smallest absolute Gasteiger partial charge is 0.399 e. The summed E-state index contributed by atoms with van der Waals surface area (Å²) >= 11 is 1.75. The highest BCUT2D eigenvalue weighted by Crippen LogP contribution is 2.37. The van der Waals surface area contributed by atoms with Crippen LogP contribution in [-0.4, -0.2) is 18.3 Å². The van der Waals surface area contributed by atoms with E-state index in [1.54, 1.807) is 11.3 Å². The number of hydrogen-bond donors (Lipinski definition) is 0. The van der Waals surface area contributed by atoms with Gasteiger partial charge in [-0.05, 0) is 56.1 Å². The molecule has 2 aromatic rings. The summed E-state index contributed by atoms with van der Waals surface area (Å²) in [6.07, 6.45) is 0. The molecular weight excluding hydrogens is 243 g/mol. The quantitative estimate of drug-likeness (QED) is 0.733. The van der Waals surface area contributed by atoms with Crippen molar-refractivity contribution in [2.24, 2.45) is 0 Å². The molecule has 0 unspecified atom stereocenters. The van der Waals surface area contributed by atoms with Gasteiger partial charge in [0.1, 0.15) is 0 Å². The highest BCUT2D eigenvalue weighted by molar-refractivity contribution is 7.17. The summed E-state index contributed by atoms with van der Waals surface area (Å²) in [4.78, 5) is 0. The van der Waals surface area contributed by atoms with Crippen LogP contribution in [0.2, 0.25) is 0 Å². The van der Waals surface area contributed by atoms with E-state index in [-0.39, 0.29) is 18.3 Å². The fourth-order valence-corrected chi connectivity index (χ4v) is 3.01. The molecule has 1 saturated heterocycles. The summed E-state index contributed by atoms with van der Waals surface area (Å²) < 4.78 is 13.5. The second-order valence-electron chi connectivity index (χ2n) is 5.77. The monoisotopic (exact) mass is 260 g/mol. The summed E-state index contributed by atoms with van der Waals surface area (Å²) in [6, 6.07) is 8.44. The molecule has 1 aliphatic rings. The summed E-state index contributed by atoms with van der Waals surface area (Å²) in [6.45, 7) is 8.34. The van der Waals surface area contributed by atoms with E-state index in [0.717, 1.165) is 5.46 Å². The van der Waals surface area contributed by atoms with E-state index in [1.165, 1.54) is 10.1 Å². The number of hydrogen-bond acceptors (Lipinski definition) is 3. The molecule has 1 fully saturated rings. The van der Waals surface area contributed by atoms with E-state index < -0.39 is 0 Å². The van der Waals surface area contributed by atoms with Crippen LogP contribution in [0.5, 0.6) is 0 Å². The molecular formula is C14H17BO2S. The van der Waals surface area contributed by atoms with Crippen LogP contribution in [0.1, 0.15) is 27.7 Å². The van der Waals surface area contributed by atoms with Gasteiger partial charge in [0.25, 0.3) is 0 Å². The number of rotatable bonds is 1. The van der Waals surface area contributed by atoms with Crippen LogP contribution in [0.4, 0.5) is 0 Å². The molecule has 0 bridgehead atoms. The lowest BCUT2D eigenvalue weighted by molar-refractivity contribution is 0.00578. The minimum atomic E-state index is -0.282. The topological polar surface area (TPSA) is 18.5 Å². The first-order valence-corrected chi connectivity index (χ1v) is 7.10. The van der Waals surface area contributed by atoms with E-state index in [4.69, 9.17) is 9.31 Å². The normalized spacial score (nSPS) is 21.7. The van der Waals surface area contributed by atoms with Crippen LogP contribution in [0.15, 0.2) is 29.6 Å². The first-order chi connectivity index (χ1) is 8.41. The second kappa shape index (κ2) is 3.83. The van der Waals surface area contributed by atoms with Gasteiger partial charge >= 0.3 is 7.12 Å². The summed E-state index contributed by atoms with van der Waals surface area (Å²) in [5.41, 5.74) is 0.568. The Morgan fingerprint density at radius 1 is 1.00 bits per heavy atom. The largest absolute Gasteiger partial charge is 0.495 e. The molecule has 2 heterocycles. The Morgan fingerprint density at radius 2 is 1.67 bits per heavy atom. The molecule has 1 aromatic carbocycles. The molecule has 0 spiro atoms. The number of benzene rings is 1. The lowest BCUT2D eigenvalue weighted by atomic mass is 9.77. The molecule has 18 heavy (non-hydrogen) atoms. The number of fused-ring (bicyclic) bond motifs is 1.